The number of carboxylic acid groups (broad SMARTS) is 1. The van der Waals surface area contributed by atoms with E-state index in [1.54, 1.807) is 12.0 Å². The van der Waals surface area contributed by atoms with Crippen LogP contribution in [0, 0.1) is 5.41 Å². The van der Waals surface area contributed by atoms with E-state index >= 15 is 0 Å². The van der Waals surface area contributed by atoms with E-state index in [1.807, 2.05) is 6.92 Å². The van der Waals surface area contributed by atoms with Gasteiger partial charge in [-0.25, -0.2) is 0 Å². The maximum Gasteiger partial charge on any atom is 0.311 e. The lowest BCUT2D eigenvalue weighted by atomic mass is 9.83. The summed E-state index contributed by atoms with van der Waals surface area (Å²) in [4.78, 5) is 24.9. The molecule has 1 rings (SSSR count). The van der Waals surface area contributed by atoms with Crippen molar-refractivity contribution in [3.63, 3.8) is 0 Å². The highest BCUT2D eigenvalue weighted by atomic mass is 16.5. The zero-order valence-electron chi connectivity index (χ0n) is 11.7. The normalized spacial score (nSPS) is 22.7. The average molecular weight is 273 g/mol. The van der Waals surface area contributed by atoms with Gasteiger partial charge in [-0.3, -0.25) is 9.59 Å². The van der Waals surface area contributed by atoms with E-state index in [0.717, 1.165) is 6.42 Å². The molecule has 1 aliphatic rings. The third-order valence-electron chi connectivity index (χ3n) is 3.55. The summed E-state index contributed by atoms with van der Waals surface area (Å²) < 4.78 is 9.99. The van der Waals surface area contributed by atoms with Crippen LogP contribution in [0.5, 0.6) is 0 Å². The largest absolute Gasteiger partial charge is 0.481 e. The van der Waals surface area contributed by atoms with Crippen molar-refractivity contribution in [3.05, 3.63) is 0 Å². The molecule has 19 heavy (non-hydrogen) atoms. The number of carbonyl (C=O) groups excluding carboxylic acids is 1. The minimum atomic E-state index is -0.801. The summed E-state index contributed by atoms with van der Waals surface area (Å²) in [6.07, 6.45) is 1.94. The van der Waals surface area contributed by atoms with Crippen LogP contribution in [0.25, 0.3) is 0 Å². The minimum absolute atomic E-state index is 0.00875. The lowest BCUT2D eigenvalue weighted by molar-refractivity contribution is -0.149. The summed E-state index contributed by atoms with van der Waals surface area (Å²) in [5, 5.41) is 9.35. The molecule has 0 spiro atoms. The fraction of sp³-hybridized carbons (Fsp3) is 0.846. The first kappa shape index (κ1) is 15.9. The Bertz CT molecular complexity index is 320. The van der Waals surface area contributed by atoms with E-state index in [1.165, 1.54) is 0 Å². The molecular formula is C13H23NO5. The summed E-state index contributed by atoms with van der Waals surface area (Å²) in [6.45, 7) is 3.56. The second kappa shape index (κ2) is 7.45. The number of carboxylic acids is 1. The van der Waals surface area contributed by atoms with Crippen molar-refractivity contribution in [1.82, 2.24) is 4.90 Å². The standard InChI is InChI=1S/C13H23NO5/c1-3-4-13(12(16)17)5-6-14(10-13)11(15)9-19-8-7-18-2/h3-10H2,1-2H3,(H,16,17). The van der Waals surface area contributed by atoms with E-state index in [-0.39, 0.29) is 12.5 Å². The number of hydrogen-bond donors (Lipinski definition) is 1. The molecule has 0 aromatic rings. The van der Waals surface area contributed by atoms with Gasteiger partial charge >= 0.3 is 5.97 Å². The number of aliphatic carboxylic acids is 1. The van der Waals surface area contributed by atoms with Gasteiger partial charge in [0.2, 0.25) is 5.91 Å². The Labute approximate surface area is 113 Å². The monoisotopic (exact) mass is 273 g/mol. The van der Waals surface area contributed by atoms with Crippen LogP contribution in [0.2, 0.25) is 0 Å². The minimum Gasteiger partial charge on any atom is -0.481 e. The highest BCUT2D eigenvalue weighted by molar-refractivity contribution is 5.81. The molecular weight excluding hydrogens is 250 g/mol. The first-order valence-electron chi connectivity index (χ1n) is 6.63. The number of carbonyl (C=O) groups is 2. The van der Waals surface area contributed by atoms with Gasteiger partial charge < -0.3 is 19.5 Å². The SMILES string of the molecule is CCCC1(C(=O)O)CCN(C(=O)COCCOC)C1. The number of hydrogen-bond acceptors (Lipinski definition) is 4. The summed E-state index contributed by atoms with van der Waals surface area (Å²) in [6, 6.07) is 0. The molecule has 0 aliphatic carbocycles. The molecule has 0 radical (unpaired) electrons. The van der Waals surface area contributed by atoms with Crippen LogP contribution in [0.1, 0.15) is 26.2 Å². The van der Waals surface area contributed by atoms with Gasteiger partial charge in [-0.1, -0.05) is 13.3 Å². The van der Waals surface area contributed by atoms with Gasteiger partial charge in [0.05, 0.1) is 18.6 Å². The lowest BCUT2D eigenvalue weighted by Crippen LogP contribution is -2.38. The Morgan fingerprint density at radius 1 is 1.37 bits per heavy atom. The highest BCUT2D eigenvalue weighted by Crippen LogP contribution is 2.35. The smallest absolute Gasteiger partial charge is 0.311 e. The molecule has 1 saturated heterocycles. The van der Waals surface area contributed by atoms with Gasteiger partial charge in [-0.05, 0) is 12.8 Å². The summed E-state index contributed by atoms with van der Waals surface area (Å²) in [5.41, 5.74) is -0.767. The van der Waals surface area contributed by atoms with Crippen LogP contribution >= 0.6 is 0 Å². The molecule has 1 heterocycles. The third kappa shape index (κ3) is 4.18. The van der Waals surface area contributed by atoms with E-state index in [2.05, 4.69) is 0 Å². The number of amides is 1. The molecule has 0 saturated carbocycles. The zero-order chi connectivity index (χ0) is 14.3. The lowest BCUT2D eigenvalue weighted by Gasteiger charge is -2.24. The highest BCUT2D eigenvalue weighted by Gasteiger charge is 2.45. The van der Waals surface area contributed by atoms with Gasteiger partial charge in [0.25, 0.3) is 0 Å². The average Bonchev–Trinajstić information content (AvgIpc) is 2.81. The van der Waals surface area contributed by atoms with Crippen molar-refractivity contribution in [1.29, 1.82) is 0 Å². The number of likely N-dealkylation sites (tertiary alicyclic amines) is 1. The van der Waals surface area contributed by atoms with E-state index < -0.39 is 11.4 Å². The third-order valence-corrected chi connectivity index (χ3v) is 3.55. The molecule has 1 atom stereocenters. The van der Waals surface area contributed by atoms with Gasteiger partial charge in [0, 0.05) is 20.2 Å². The first-order valence-corrected chi connectivity index (χ1v) is 6.63. The summed E-state index contributed by atoms with van der Waals surface area (Å²) >= 11 is 0. The maximum atomic E-state index is 11.9. The van der Waals surface area contributed by atoms with Crippen molar-refractivity contribution in [3.8, 4) is 0 Å². The Hall–Kier alpha value is -1.14. The summed E-state index contributed by atoms with van der Waals surface area (Å²) in [5.74, 6) is -0.944. The zero-order valence-corrected chi connectivity index (χ0v) is 11.7. The molecule has 1 N–H and O–H groups in total. The van der Waals surface area contributed by atoms with Crippen molar-refractivity contribution >= 4 is 11.9 Å². The number of ether oxygens (including phenoxy) is 2. The fourth-order valence-corrected chi connectivity index (χ4v) is 2.44. The van der Waals surface area contributed by atoms with Gasteiger partial charge in [-0.2, -0.15) is 0 Å². The molecule has 1 aliphatic heterocycles. The molecule has 0 aromatic carbocycles. The molecule has 1 fully saturated rings. The van der Waals surface area contributed by atoms with Gasteiger partial charge in [0.1, 0.15) is 6.61 Å². The van der Waals surface area contributed by atoms with Crippen LogP contribution in [0.15, 0.2) is 0 Å². The van der Waals surface area contributed by atoms with Crippen LogP contribution in [-0.2, 0) is 19.1 Å². The van der Waals surface area contributed by atoms with E-state index in [0.29, 0.717) is 39.1 Å². The molecule has 0 bridgehead atoms. The fourth-order valence-electron chi connectivity index (χ4n) is 2.44. The number of methoxy groups -OCH3 is 1. The van der Waals surface area contributed by atoms with Crippen LogP contribution in [0.3, 0.4) is 0 Å². The Morgan fingerprint density at radius 2 is 2.11 bits per heavy atom. The summed E-state index contributed by atoms with van der Waals surface area (Å²) in [7, 11) is 1.57. The van der Waals surface area contributed by atoms with Gasteiger partial charge in [-0.15, -0.1) is 0 Å². The van der Waals surface area contributed by atoms with Crippen LogP contribution < -0.4 is 0 Å². The molecule has 110 valence electrons. The molecule has 0 aromatic heterocycles. The molecule has 1 unspecified atom stereocenters. The van der Waals surface area contributed by atoms with Crippen molar-refractivity contribution < 1.29 is 24.2 Å². The predicted molar refractivity (Wildman–Crippen MR) is 68.9 cm³/mol. The first-order chi connectivity index (χ1) is 9.05. The van der Waals surface area contributed by atoms with Crippen LogP contribution in [-0.4, -0.2) is 61.9 Å². The number of rotatable bonds is 8. The second-order valence-electron chi connectivity index (χ2n) is 4.95. The quantitative estimate of drug-likeness (QED) is 0.660. The second-order valence-corrected chi connectivity index (χ2v) is 4.95. The van der Waals surface area contributed by atoms with E-state index in [9.17, 15) is 14.7 Å². The molecule has 1 amide bonds. The Kier molecular flexibility index (Phi) is 6.24. The topological polar surface area (TPSA) is 76.1 Å². The van der Waals surface area contributed by atoms with Gasteiger partial charge in [0.15, 0.2) is 0 Å². The van der Waals surface area contributed by atoms with E-state index in [4.69, 9.17) is 9.47 Å². The van der Waals surface area contributed by atoms with Crippen molar-refractivity contribution in [2.45, 2.75) is 26.2 Å². The Balaban J connectivity index is 2.45. The van der Waals surface area contributed by atoms with Crippen LogP contribution in [0.4, 0.5) is 0 Å². The number of nitrogens with zero attached hydrogens (tertiary/aromatic N) is 1. The van der Waals surface area contributed by atoms with Crippen molar-refractivity contribution in [2.75, 3.05) is 40.0 Å². The van der Waals surface area contributed by atoms with Crippen molar-refractivity contribution in [2.24, 2.45) is 5.41 Å². The maximum absolute atomic E-state index is 11.9. The Morgan fingerprint density at radius 3 is 2.68 bits per heavy atom. The predicted octanol–water partition coefficient (Wildman–Crippen LogP) is 0.753. The molecule has 6 nitrogen and oxygen atoms in total. The molecule has 6 heteroatoms.